The van der Waals surface area contributed by atoms with Crippen molar-refractivity contribution < 1.29 is 9.53 Å². The first-order chi connectivity index (χ1) is 8.24. The molecule has 1 aliphatic carbocycles. The van der Waals surface area contributed by atoms with Crippen molar-refractivity contribution in [2.45, 2.75) is 12.8 Å². The summed E-state index contributed by atoms with van der Waals surface area (Å²) in [7, 11) is 0. The Balaban J connectivity index is 2.22. The van der Waals surface area contributed by atoms with Gasteiger partial charge in [0.15, 0.2) is 0 Å². The Morgan fingerprint density at radius 2 is 2.29 bits per heavy atom. The number of anilines is 2. The van der Waals surface area contributed by atoms with Gasteiger partial charge >= 0.3 is 0 Å². The highest BCUT2D eigenvalue weighted by Crippen LogP contribution is 2.33. The Hall–Kier alpha value is -2.04. The summed E-state index contributed by atoms with van der Waals surface area (Å²) in [5.41, 5.74) is 7.36. The highest BCUT2D eigenvalue weighted by atomic mass is 16.5. The van der Waals surface area contributed by atoms with Crippen molar-refractivity contribution in [2.24, 2.45) is 5.92 Å². The molecule has 5 nitrogen and oxygen atoms in total. The molecule has 0 bridgehead atoms. The van der Waals surface area contributed by atoms with E-state index in [0.717, 1.165) is 6.21 Å². The summed E-state index contributed by atoms with van der Waals surface area (Å²) in [5, 5.41) is 9.76. The fraction of sp³-hybridized carbons (Fsp3) is 0.333. The molecule has 1 aromatic carbocycles. The topological polar surface area (TPSA) is 88.2 Å². The van der Waals surface area contributed by atoms with Gasteiger partial charge in [-0.25, -0.2) is 0 Å². The van der Waals surface area contributed by atoms with E-state index in [2.05, 4.69) is 5.32 Å². The van der Waals surface area contributed by atoms with Gasteiger partial charge in [0, 0.05) is 23.5 Å². The average Bonchev–Trinajstić information content (AvgIpc) is 3.13. The van der Waals surface area contributed by atoms with E-state index >= 15 is 0 Å². The fourth-order valence-electron chi connectivity index (χ4n) is 1.53. The Bertz CT molecular complexity index is 442. The molecular weight excluding hydrogens is 218 g/mol. The number of ether oxygens (including phenoxy) is 1. The van der Waals surface area contributed by atoms with Crippen LogP contribution in [0.15, 0.2) is 12.1 Å². The number of carbonyl (C=O) groups excluding carboxylic acids is 1. The molecule has 17 heavy (non-hydrogen) atoms. The van der Waals surface area contributed by atoms with Crippen LogP contribution in [0.3, 0.4) is 0 Å². The molecule has 0 unspecified atom stereocenters. The summed E-state index contributed by atoms with van der Waals surface area (Å²) in [6.45, 7) is 0.650. The molecule has 0 aliphatic heterocycles. The number of amides is 1. The molecule has 2 rings (SSSR count). The van der Waals surface area contributed by atoms with Gasteiger partial charge in [0.25, 0.3) is 0 Å². The van der Waals surface area contributed by atoms with Gasteiger partial charge in [-0.05, 0) is 24.8 Å². The number of carbonyl (C=O) groups is 1. The molecule has 0 aromatic heterocycles. The monoisotopic (exact) mass is 233 g/mol. The van der Waals surface area contributed by atoms with Crippen LogP contribution in [0.2, 0.25) is 0 Å². The van der Waals surface area contributed by atoms with Crippen LogP contribution in [0.1, 0.15) is 18.4 Å². The molecule has 0 saturated heterocycles. The molecule has 0 heterocycles. The van der Waals surface area contributed by atoms with Gasteiger partial charge in [0.2, 0.25) is 6.41 Å². The van der Waals surface area contributed by atoms with E-state index in [1.165, 1.54) is 12.8 Å². The second-order valence-corrected chi connectivity index (χ2v) is 4.14. The minimum absolute atomic E-state index is 0.474. The second kappa shape index (κ2) is 4.86. The van der Waals surface area contributed by atoms with Gasteiger partial charge in [-0.3, -0.25) is 4.79 Å². The summed E-state index contributed by atoms with van der Waals surface area (Å²) >= 11 is 0. The quantitative estimate of drug-likeness (QED) is 0.396. The van der Waals surface area contributed by atoms with Gasteiger partial charge < -0.3 is 21.2 Å². The second-order valence-electron chi connectivity index (χ2n) is 4.14. The highest BCUT2D eigenvalue weighted by molar-refractivity contribution is 5.90. The molecule has 0 atom stereocenters. The van der Waals surface area contributed by atoms with Crippen molar-refractivity contribution in [3.05, 3.63) is 17.7 Å². The van der Waals surface area contributed by atoms with Crippen LogP contribution in [0.25, 0.3) is 0 Å². The van der Waals surface area contributed by atoms with E-state index in [0.29, 0.717) is 41.6 Å². The van der Waals surface area contributed by atoms with Gasteiger partial charge in [-0.1, -0.05) is 0 Å². The highest BCUT2D eigenvalue weighted by Gasteiger charge is 2.22. The first kappa shape index (κ1) is 11.4. The smallest absolute Gasteiger partial charge is 0.211 e. The lowest BCUT2D eigenvalue weighted by Gasteiger charge is -2.12. The SMILES string of the molecule is N=Cc1cc(NC=O)c(OCC2CC2)cc1N. The first-order valence-electron chi connectivity index (χ1n) is 5.51. The molecule has 1 fully saturated rings. The number of nitrogens with two attached hydrogens (primary N) is 1. The van der Waals surface area contributed by atoms with Crippen LogP contribution in [0.5, 0.6) is 5.75 Å². The molecule has 1 amide bonds. The summed E-state index contributed by atoms with van der Waals surface area (Å²) < 4.78 is 5.62. The van der Waals surface area contributed by atoms with Gasteiger partial charge in [0.1, 0.15) is 5.75 Å². The van der Waals surface area contributed by atoms with Crippen LogP contribution < -0.4 is 15.8 Å². The lowest BCUT2D eigenvalue weighted by molar-refractivity contribution is -0.105. The van der Waals surface area contributed by atoms with Crippen molar-refractivity contribution in [3.8, 4) is 5.75 Å². The average molecular weight is 233 g/mol. The maximum absolute atomic E-state index is 10.5. The summed E-state index contributed by atoms with van der Waals surface area (Å²) in [4.78, 5) is 10.5. The van der Waals surface area contributed by atoms with E-state index in [9.17, 15) is 4.79 Å². The number of benzene rings is 1. The zero-order chi connectivity index (χ0) is 12.3. The third-order valence-corrected chi connectivity index (χ3v) is 2.73. The van der Waals surface area contributed by atoms with Gasteiger partial charge in [-0.2, -0.15) is 0 Å². The normalized spacial score (nSPS) is 14.1. The largest absolute Gasteiger partial charge is 0.491 e. The number of nitrogens with one attached hydrogen (secondary N) is 2. The van der Waals surface area contributed by atoms with E-state index in [4.69, 9.17) is 15.9 Å². The van der Waals surface area contributed by atoms with E-state index < -0.39 is 0 Å². The lowest BCUT2D eigenvalue weighted by atomic mass is 10.1. The predicted molar refractivity (Wildman–Crippen MR) is 66.6 cm³/mol. The molecule has 90 valence electrons. The van der Waals surface area contributed by atoms with Crippen LogP contribution in [-0.2, 0) is 4.79 Å². The van der Waals surface area contributed by atoms with Crippen molar-refractivity contribution >= 4 is 24.0 Å². The summed E-state index contributed by atoms with van der Waals surface area (Å²) in [5.74, 6) is 1.19. The maximum Gasteiger partial charge on any atom is 0.211 e. The fourth-order valence-corrected chi connectivity index (χ4v) is 1.53. The minimum Gasteiger partial charge on any atom is -0.491 e. The molecule has 0 spiro atoms. The van der Waals surface area contributed by atoms with Crippen molar-refractivity contribution in [1.82, 2.24) is 0 Å². The first-order valence-corrected chi connectivity index (χ1v) is 5.51. The number of nitrogen functional groups attached to an aromatic ring is 1. The molecule has 0 radical (unpaired) electrons. The van der Waals surface area contributed by atoms with Crippen LogP contribution >= 0.6 is 0 Å². The Morgan fingerprint density at radius 3 is 2.88 bits per heavy atom. The molecule has 1 saturated carbocycles. The van der Waals surface area contributed by atoms with Gasteiger partial charge in [0.05, 0.1) is 12.3 Å². The lowest BCUT2D eigenvalue weighted by Crippen LogP contribution is -2.05. The predicted octanol–water partition coefficient (Wildman–Crippen LogP) is 1.62. The van der Waals surface area contributed by atoms with Crippen LogP contribution in [0.4, 0.5) is 11.4 Å². The molecule has 4 N–H and O–H groups in total. The maximum atomic E-state index is 10.5. The third-order valence-electron chi connectivity index (χ3n) is 2.73. The van der Waals surface area contributed by atoms with E-state index in [1.807, 2.05) is 0 Å². The Labute approximate surface area is 99.5 Å². The molecule has 1 aromatic rings. The third kappa shape index (κ3) is 2.75. The standard InChI is InChI=1S/C12H15N3O2/c13-5-9-3-11(15-7-16)12(4-10(9)14)17-6-8-1-2-8/h3-5,7-8,13H,1-2,6,14H2,(H,15,16). The number of rotatable bonds is 6. The van der Waals surface area contributed by atoms with Crippen molar-refractivity contribution in [1.29, 1.82) is 5.41 Å². The zero-order valence-electron chi connectivity index (χ0n) is 9.40. The van der Waals surface area contributed by atoms with Crippen LogP contribution in [-0.4, -0.2) is 19.2 Å². The Morgan fingerprint density at radius 1 is 1.53 bits per heavy atom. The van der Waals surface area contributed by atoms with Crippen molar-refractivity contribution in [2.75, 3.05) is 17.7 Å². The number of hydrogen-bond acceptors (Lipinski definition) is 4. The van der Waals surface area contributed by atoms with Crippen molar-refractivity contribution in [3.63, 3.8) is 0 Å². The molecular formula is C12H15N3O2. The zero-order valence-corrected chi connectivity index (χ0v) is 9.40. The summed E-state index contributed by atoms with van der Waals surface area (Å²) in [6, 6.07) is 3.29. The van der Waals surface area contributed by atoms with Crippen LogP contribution in [0, 0.1) is 11.3 Å². The summed E-state index contributed by atoms with van der Waals surface area (Å²) in [6.07, 6.45) is 4.13. The number of hydrogen-bond donors (Lipinski definition) is 3. The van der Waals surface area contributed by atoms with Gasteiger partial charge in [-0.15, -0.1) is 0 Å². The molecule has 1 aliphatic rings. The molecule has 5 heteroatoms. The Kier molecular flexibility index (Phi) is 3.27. The minimum atomic E-state index is 0.474. The van der Waals surface area contributed by atoms with E-state index in [-0.39, 0.29) is 0 Å². The van der Waals surface area contributed by atoms with E-state index in [1.54, 1.807) is 12.1 Å².